The van der Waals surface area contributed by atoms with Crippen molar-refractivity contribution in [3.63, 3.8) is 0 Å². The third-order valence-corrected chi connectivity index (χ3v) is 4.06. The summed E-state index contributed by atoms with van der Waals surface area (Å²) in [7, 11) is 0. The van der Waals surface area contributed by atoms with Crippen molar-refractivity contribution in [2.24, 2.45) is 11.8 Å². The summed E-state index contributed by atoms with van der Waals surface area (Å²) in [6.07, 6.45) is 7.10. The maximum absolute atomic E-state index is 10.2. The van der Waals surface area contributed by atoms with Crippen LogP contribution in [-0.4, -0.2) is 22.2 Å². The van der Waals surface area contributed by atoms with E-state index < -0.39 is 0 Å². The molecule has 3 heteroatoms. The molecule has 18 heavy (non-hydrogen) atoms. The molecule has 0 radical (unpaired) electrons. The Bertz CT molecular complexity index is 373. The van der Waals surface area contributed by atoms with Crippen LogP contribution in [0.1, 0.15) is 33.1 Å². The Morgan fingerprint density at radius 2 is 2.11 bits per heavy atom. The Morgan fingerprint density at radius 3 is 2.72 bits per heavy atom. The van der Waals surface area contributed by atoms with Gasteiger partial charge in [-0.25, -0.2) is 0 Å². The van der Waals surface area contributed by atoms with Crippen LogP contribution in [0.15, 0.2) is 37.0 Å². The maximum atomic E-state index is 10.2. The van der Waals surface area contributed by atoms with E-state index in [1.165, 1.54) is 0 Å². The lowest BCUT2D eigenvalue weighted by molar-refractivity contribution is 0.0646. The fourth-order valence-corrected chi connectivity index (χ4v) is 2.99. The van der Waals surface area contributed by atoms with Crippen molar-refractivity contribution in [2.75, 3.05) is 0 Å². The molecule has 1 saturated carbocycles. The third-order valence-electron chi connectivity index (χ3n) is 4.06. The molecular weight excluding hydrogens is 224 g/mol. The molecule has 0 bridgehead atoms. The highest BCUT2D eigenvalue weighted by Gasteiger charge is 2.34. The van der Waals surface area contributed by atoms with Gasteiger partial charge < -0.3 is 15.3 Å². The average molecular weight is 248 g/mol. The minimum Gasteiger partial charge on any atom is -0.393 e. The number of hydrogen-bond donors (Lipinski definition) is 2. The quantitative estimate of drug-likeness (QED) is 0.806. The highest BCUT2D eigenvalue weighted by molar-refractivity contribution is 5.24. The summed E-state index contributed by atoms with van der Waals surface area (Å²) >= 11 is 0. The Hall–Kier alpha value is -1.22. The standard InChI is InChI=1S/C15H24N2O/c1-10(2)15(18)13-5-6-14(9-13)17-8-7-11(3)16-12(17)4/h7-8,10,13-16,18H,3-6,9H2,1-2H3. The van der Waals surface area contributed by atoms with E-state index in [4.69, 9.17) is 0 Å². The smallest absolute Gasteiger partial charge is 0.103 e. The summed E-state index contributed by atoms with van der Waals surface area (Å²) in [5.74, 6) is 1.65. The molecule has 0 aromatic rings. The second kappa shape index (κ2) is 5.19. The Balaban J connectivity index is 1.99. The van der Waals surface area contributed by atoms with Gasteiger partial charge in [-0.3, -0.25) is 0 Å². The molecule has 3 unspecified atom stereocenters. The zero-order chi connectivity index (χ0) is 13.3. The zero-order valence-corrected chi connectivity index (χ0v) is 11.4. The molecule has 0 spiro atoms. The highest BCUT2D eigenvalue weighted by atomic mass is 16.3. The number of allylic oxidation sites excluding steroid dienone is 1. The summed E-state index contributed by atoms with van der Waals surface area (Å²) < 4.78 is 0. The number of nitrogens with zero attached hydrogens (tertiary/aromatic N) is 1. The SMILES string of the molecule is C=C1C=CN(C2CCC(C(O)C(C)C)C2)C(=C)N1. The molecule has 100 valence electrons. The molecule has 2 aliphatic rings. The van der Waals surface area contributed by atoms with Crippen LogP contribution in [0, 0.1) is 11.8 Å². The molecule has 0 saturated heterocycles. The van der Waals surface area contributed by atoms with Crippen LogP contribution in [0.25, 0.3) is 0 Å². The Kier molecular flexibility index (Phi) is 3.81. The van der Waals surface area contributed by atoms with Gasteiger partial charge in [0.1, 0.15) is 5.82 Å². The highest BCUT2D eigenvalue weighted by Crippen LogP contribution is 2.35. The molecule has 3 nitrogen and oxygen atoms in total. The van der Waals surface area contributed by atoms with E-state index in [0.29, 0.717) is 17.9 Å². The summed E-state index contributed by atoms with van der Waals surface area (Å²) in [6.45, 7) is 12.1. The number of rotatable bonds is 3. The molecule has 3 atom stereocenters. The molecule has 1 aliphatic heterocycles. The summed E-state index contributed by atoms with van der Waals surface area (Å²) in [5.41, 5.74) is 0.882. The Morgan fingerprint density at radius 1 is 1.39 bits per heavy atom. The van der Waals surface area contributed by atoms with Gasteiger partial charge in [0.05, 0.1) is 6.10 Å². The molecule has 1 heterocycles. The minimum atomic E-state index is -0.181. The van der Waals surface area contributed by atoms with E-state index in [9.17, 15) is 5.11 Å². The number of hydrogen-bond acceptors (Lipinski definition) is 3. The molecule has 0 aromatic carbocycles. The zero-order valence-electron chi connectivity index (χ0n) is 11.4. The summed E-state index contributed by atoms with van der Waals surface area (Å²) in [4.78, 5) is 2.18. The van der Waals surface area contributed by atoms with Crippen LogP contribution in [0.2, 0.25) is 0 Å². The van der Waals surface area contributed by atoms with Crippen molar-refractivity contribution in [1.29, 1.82) is 0 Å². The molecule has 1 aliphatic carbocycles. The van der Waals surface area contributed by atoms with Gasteiger partial charge in [-0.2, -0.15) is 0 Å². The number of aliphatic hydroxyl groups is 1. The first-order valence-corrected chi connectivity index (χ1v) is 6.78. The number of aliphatic hydroxyl groups excluding tert-OH is 1. The van der Waals surface area contributed by atoms with Crippen LogP contribution in [0.4, 0.5) is 0 Å². The van der Waals surface area contributed by atoms with Gasteiger partial charge in [-0.05, 0) is 37.2 Å². The first-order chi connectivity index (χ1) is 8.49. The van der Waals surface area contributed by atoms with E-state index in [2.05, 4.69) is 43.4 Å². The van der Waals surface area contributed by atoms with E-state index in [-0.39, 0.29) is 6.10 Å². The fourth-order valence-electron chi connectivity index (χ4n) is 2.99. The lowest BCUT2D eigenvalue weighted by Gasteiger charge is -2.33. The van der Waals surface area contributed by atoms with Crippen LogP contribution < -0.4 is 5.32 Å². The molecule has 0 amide bonds. The van der Waals surface area contributed by atoms with Gasteiger partial charge in [-0.15, -0.1) is 0 Å². The second-order valence-electron chi connectivity index (χ2n) is 5.78. The molecular formula is C15H24N2O. The van der Waals surface area contributed by atoms with E-state index >= 15 is 0 Å². The van der Waals surface area contributed by atoms with Crippen LogP contribution in [0.3, 0.4) is 0 Å². The lowest BCUT2D eigenvalue weighted by Crippen LogP contribution is -2.36. The monoisotopic (exact) mass is 248 g/mol. The number of nitrogens with one attached hydrogen (secondary N) is 1. The normalized spacial score (nSPS) is 29.9. The van der Waals surface area contributed by atoms with Crippen LogP contribution in [-0.2, 0) is 0 Å². The maximum Gasteiger partial charge on any atom is 0.103 e. The minimum absolute atomic E-state index is 0.181. The van der Waals surface area contributed by atoms with Crippen LogP contribution >= 0.6 is 0 Å². The van der Waals surface area contributed by atoms with Crippen molar-refractivity contribution in [3.8, 4) is 0 Å². The lowest BCUT2D eigenvalue weighted by atomic mass is 9.92. The van der Waals surface area contributed by atoms with E-state index in [0.717, 1.165) is 30.8 Å². The van der Waals surface area contributed by atoms with Crippen molar-refractivity contribution in [3.05, 3.63) is 37.0 Å². The third kappa shape index (κ3) is 2.61. The second-order valence-corrected chi connectivity index (χ2v) is 5.78. The van der Waals surface area contributed by atoms with Crippen molar-refractivity contribution in [1.82, 2.24) is 10.2 Å². The predicted octanol–water partition coefficient (Wildman–Crippen LogP) is 2.58. The summed E-state index contributed by atoms with van der Waals surface area (Å²) in [5, 5.41) is 13.3. The first-order valence-electron chi connectivity index (χ1n) is 6.78. The fraction of sp³-hybridized carbons (Fsp3) is 0.600. The molecule has 2 N–H and O–H groups in total. The van der Waals surface area contributed by atoms with Gasteiger partial charge in [0.25, 0.3) is 0 Å². The van der Waals surface area contributed by atoms with Gasteiger partial charge in [0, 0.05) is 17.9 Å². The van der Waals surface area contributed by atoms with Crippen molar-refractivity contribution >= 4 is 0 Å². The molecule has 0 aromatic heterocycles. The van der Waals surface area contributed by atoms with Crippen molar-refractivity contribution in [2.45, 2.75) is 45.3 Å². The largest absolute Gasteiger partial charge is 0.393 e. The van der Waals surface area contributed by atoms with Gasteiger partial charge in [-0.1, -0.05) is 27.0 Å². The Labute approximate surface area is 110 Å². The molecule has 2 rings (SSSR count). The first kappa shape index (κ1) is 13.2. The predicted molar refractivity (Wildman–Crippen MR) is 74.4 cm³/mol. The summed E-state index contributed by atoms with van der Waals surface area (Å²) in [6, 6.07) is 0.452. The van der Waals surface area contributed by atoms with Crippen molar-refractivity contribution < 1.29 is 5.11 Å². The van der Waals surface area contributed by atoms with E-state index in [1.54, 1.807) is 0 Å². The van der Waals surface area contributed by atoms with Gasteiger partial charge >= 0.3 is 0 Å². The van der Waals surface area contributed by atoms with Gasteiger partial charge in [0.2, 0.25) is 0 Å². The van der Waals surface area contributed by atoms with Gasteiger partial charge in [0.15, 0.2) is 0 Å². The average Bonchev–Trinajstić information content (AvgIpc) is 2.77. The molecule has 1 fully saturated rings. The topological polar surface area (TPSA) is 35.5 Å². The van der Waals surface area contributed by atoms with Crippen LogP contribution in [0.5, 0.6) is 0 Å². The van der Waals surface area contributed by atoms with E-state index in [1.807, 2.05) is 6.08 Å².